The molecule has 0 radical (unpaired) electrons. The normalized spacial score (nSPS) is 25.1. The average Bonchev–Trinajstić information content (AvgIpc) is 2.15. The second-order valence-electron chi connectivity index (χ2n) is 3.47. The van der Waals surface area contributed by atoms with Gasteiger partial charge in [0.05, 0.1) is 12.4 Å². The predicted octanol–water partition coefficient (Wildman–Crippen LogP) is -0.744. The molecule has 1 heterocycles. The Hall–Kier alpha value is -0.170. The standard InChI is InChI=1S/C8H18N2O3S/c1-8-7-9-3-4-10(8)14(11,12)6-5-13-2/h8-9H,3-7H2,1-2H3/t8-/m0/s1. The fraction of sp³-hybridized carbons (Fsp3) is 1.00. The SMILES string of the molecule is COCCS(=O)(=O)N1CCNC[C@@H]1C. The summed E-state index contributed by atoms with van der Waals surface area (Å²) in [4.78, 5) is 0. The van der Waals surface area contributed by atoms with Crippen LogP contribution in [0.5, 0.6) is 0 Å². The molecule has 1 saturated heterocycles. The molecule has 84 valence electrons. The minimum absolute atomic E-state index is 0.0469. The Bertz CT molecular complexity index is 266. The van der Waals surface area contributed by atoms with Gasteiger partial charge in [-0.1, -0.05) is 0 Å². The third kappa shape index (κ3) is 2.91. The minimum Gasteiger partial charge on any atom is -0.384 e. The summed E-state index contributed by atoms with van der Waals surface area (Å²) in [7, 11) is -1.62. The highest BCUT2D eigenvalue weighted by Crippen LogP contribution is 2.09. The molecule has 0 unspecified atom stereocenters. The number of methoxy groups -OCH3 is 1. The number of hydrogen-bond donors (Lipinski definition) is 1. The van der Waals surface area contributed by atoms with E-state index in [1.807, 2.05) is 6.92 Å². The molecule has 0 aliphatic carbocycles. The lowest BCUT2D eigenvalue weighted by Gasteiger charge is -2.32. The molecular weight excluding hydrogens is 204 g/mol. The van der Waals surface area contributed by atoms with Gasteiger partial charge in [-0.15, -0.1) is 0 Å². The Morgan fingerprint density at radius 3 is 2.86 bits per heavy atom. The maximum atomic E-state index is 11.8. The third-order valence-corrected chi connectivity index (χ3v) is 4.28. The van der Waals surface area contributed by atoms with Crippen LogP contribution >= 0.6 is 0 Å². The van der Waals surface area contributed by atoms with Gasteiger partial charge in [0.2, 0.25) is 10.0 Å². The first-order valence-electron chi connectivity index (χ1n) is 4.77. The van der Waals surface area contributed by atoms with Crippen LogP contribution in [0.25, 0.3) is 0 Å². The van der Waals surface area contributed by atoms with Crippen molar-refractivity contribution in [2.45, 2.75) is 13.0 Å². The highest BCUT2D eigenvalue weighted by molar-refractivity contribution is 7.89. The summed E-state index contributed by atoms with van der Waals surface area (Å²) >= 11 is 0. The molecule has 0 bridgehead atoms. The van der Waals surface area contributed by atoms with E-state index in [0.29, 0.717) is 6.54 Å². The molecule has 0 saturated carbocycles. The van der Waals surface area contributed by atoms with Gasteiger partial charge < -0.3 is 10.1 Å². The van der Waals surface area contributed by atoms with Gasteiger partial charge in [0.25, 0.3) is 0 Å². The lowest BCUT2D eigenvalue weighted by atomic mass is 10.3. The molecule has 5 nitrogen and oxygen atoms in total. The maximum Gasteiger partial charge on any atom is 0.216 e. The Morgan fingerprint density at radius 2 is 2.29 bits per heavy atom. The Morgan fingerprint density at radius 1 is 1.57 bits per heavy atom. The molecule has 1 N–H and O–H groups in total. The van der Waals surface area contributed by atoms with Crippen molar-refractivity contribution >= 4 is 10.0 Å². The smallest absolute Gasteiger partial charge is 0.216 e. The lowest BCUT2D eigenvalue weighted by molar-refractivity contribution is 0.213. The number of nitrogens with zero attached hydrogens (tertiary/aromatic N) is 1. The van der Waals surface area contributed by atoms with Crippen molar-refractivity contribution in [3.63, 3.8) is 0 Å². The van der Waals surface area contributed by atoms with Gasteiger partial charge in [-0.2, -0.15) is 4.31 Å². The van der Waals surface area contributed by atoms with E-state index in [0.717, 1.165) is 13.1 Å². The van der Waals surface area contributed by atoms with Crippen LogP contribution in [-0.4, -0.2) is 57.9 Å². The molecule has 1 aliphatic rings. The van der Waals surface area contributed by atoms with Gasteiger partial charge in [-0.05, 0) is 6.92 Å². The number of sulfonamides is 1. The van der Waals surface area contributed by atoms with Gasteiger partial charge in [0.15, 0.2) is 0 Å². The second-order valence-corrected chi connectivity index (χ2v) is 5.51. The van der Waals surface area contributed by atoms with Crippen LogP contribution in [-0.2, 0) is 14.8 Å². The molecule has 0 aromatic carbocycles. The van der Waals surface area contributed by atoms with Crippen molar-refractivity contribution in [1.29, 1.82) is 0 Å². The summed E-state index contributed by atoms with van der Waals surface area (Å²) in [6.45, 7) is 4.20. The minimum atomic E-state index is -3.13. The van der Waals surface area contributed by atoms with E-state index in [1.165, 1.54) is 7.11 Å². The van der Waals surface area contributed by atoms with Gasteiger partial charge in [-0.25, -0.2) is 8.42 Å². The van der Waals surface area contributed by atoms with Gasteiger partial charge in [0, 0.05) is 32.8 Å². The zero-order valence-electron chi connectivity index (χ0n) is 8.69. The molecule has 0 amide bonds. The first-order valence-corrected chi connectivity index (χ1v) is 6.38. The number of hydrogen-bond acceptors (Lipinski definition) is 4. The van der Waals surface area contributed by atoms with E-state index in [4.69, 9.17) is 4.74 Å². The molecule has 1 atom stereocenters. The quantitative estimate of drug-likeness (QED) is 0.680. The van der Waals surface area contributed by atoms with Crippen LogP contribution < -0.4 is 5.32 Å². The molecular formula is C8H18N2O3S. The first kappa shape index (κ1) is 11.9. The number of rotatable bonds is 4. The maximum absolute atomic E-state index is 11.8. The van der Waals surface area contributed by atoms with Crippen LogP contribution in [0.3, 0.4) is 0 Å². The summed E-state index contributed by atoms with van der Waals surface area (Å²) in [5.74, 6) is 0.0772. The van der Waals surface area contributed by atoms with Crippen LogP contribution in [0.15, 0.2) is 0 Å². The molecule has 1 aliphatic heterocycles. The topological polar surface area (TPSA) is 58.6 Å². The van der Waals surface area contributed by atoms with E-state index >= 15 is 0 Å². The van der Waals surface area contributed by atoms with Crippen molar-refractivity contribution in [3.8, 4) is 0 Å². The van der Waals surface area contributed by atoms with Crippen molar-refractivity contribution in [1.82, 2.24) is 9.62 Å². The Labute approximate surface area is 85.5 Å². The zero-order chi connectivity index (χ0) is 10.6. The summed E-state index contributed by atoms with van der Waals surface area (Å²) in [6, 6.07) is 0.0469. The fourth-order valence-electron chi connectivity index (χ4n) is 1.54. The average molecular weight is 222 g/mol. The van der Waals surface area contributed by atoms with E-state index in [1.54, 1.807) is 4.31 Å². The summed E-state index contributed by atoms with van der Waals surface area (Å²) < 4.78 is 29.9. The monoisotopic (exact) mass is 222 g/mol. The molecule has 1 fully saturated rings. The van der Waals surface area contributed by atoms with Crippen molar-refractivity contribution in [3.05, 3.63) is 0 Å². The lowest BCUT2D eigenvalue weighted by Crippen LogP contribution is -2.53. The zero-order valence-corrected chi connectivity index (χ0v) is 9.51. The third-order valence-electron chi connectivity index (χ3n) is 2.34. The first-order chi connectivity index (χ1) is 6.58. The molecule has 14 heavy (non-hydrogen) atoms. The van der Waals surface area contributed by atoms with Crippen molar-refractivity contribution in [2.24, 2.45) is 0 Å². The van der Waals surface area contributed by atoms with E-state index in [-0.39, 0.29) is 18.4 Å². The largest absolute Gasteiger partial charge is 0.384 e. The van der Waals surface area contributed by atoms with E-state index < -0.39 is 10.0 Å². The van der Waals surface area contributed by atoms with Gasteiger partial charge in [-0.3, -0.25) is 0 Å². The van der Waals surface area contributed by atoms with Gasteiger partial charge >= 0.3 is 0 Å². The molecule has 0 aromatic heterocycles. The molecule has 0 aromatic rings. The molecule has 1 rings (SSSR count). The van der Waals surface area contributed by atoms with Gasteiger partial charge in [0.1, 0.15) is 0 Å². The number of ether oxygens (including phenoxy) is 1. The van der Waals surface area contributed by atoms with Crippen LogP contribution in [0.2, 0.25) is 0 Å². The number of piperazine rings is 1. The van der Waals surface area contributed by atoms with Crippen molar-refractivity contribution in [2.75, 3.05) is 39.1 Å². The van der Waals surface area contributed by atoms with Crippen LogP contribution in [0.4, 0.5) is 0 Å². The summed E-state index contributed by atoms with van der Waals surface area (Å²) in [5.41, 5.74) is 0. The Kier molecular flexibility index (Phi) is 4.31. The Balaban J connectivity index is 2.60. The van der Waals surface area contributed by atoms with Crippen LogP contribution in [0, 0.1) is 0 Å². The highest BCUT2D eigenvalue weighted by Gasteiger charge is 2.28. The second kappa shape index (κ2) is 5.06. The molecule has 0 spiro atoms. The summed E-state index contributed by atoms with van der Waals surface area (Å²) in [5, 5.41) is 3.16. The van der Waals surface area contributed by atoms with E-state index in [9.17, 15) is 8.42 Å². The fourth-order valence-corrected chi connectivity index (χ4v) is 3.15. The highest BCUT2D eigenvalue weighted by atomic mass is 32.2. The number of nitrogens with one attached hydrogen (secondary N) is 1. The summed E-state index contributed by atoms with van der Waals surface area (Å²) in [6.07, 6.45) is 0. The van der Waals surface area contributed by atoms with Crippen LogP contribution in [0.1, 0.15) is 6.92 Å². The predicted molar refractivity (Wildman–Crippen MR) is 54.7 cm³/mol. The van der Waals surface area contributed by atoms with Crippen molar-refractivity contribution < 1.29 is 13.2 Å². The van der Waals surface area contributed by atoms with E-state index in [2.05, 4.69) is 5.32 Å². The molecule has 6 heteroatoms.